The molecule has 9 nitrogen and oxygen atoms in total. The van der Waals surface area contributed by atoms with Crippen molar-refractivity contribution < 1.29 is 4.92 Å². The molecule has 0 saturated carbocycles. The zero-order valence-corrected chi connectivity index (χ0v) is 11.8. The number of hydrogen-bond donors (Lipinski definition) is 1. The van der Waals surface area contributed by atoms with E-state index in [0.717, 1.165) is 0 Å². The molecule has 0 aliphatic carbocycles. The van der Waals surface area contributed by atoms with Gasteiger partial charge >= 0.3 is 0 Å². The van der Waals surface area contributed by atoms with Crippen LogP contribution in [0.4, 0.5) is 11.5 Å². The van der Waals surface area contributed by atoms with Crippen molar-refractivity contribution in [2.45, 2.75) is 0 Å². The molecule has 1 N–H and O–H groups in total. The summed E-state index contributed by atoms with van der Waals surface area (Å²) < 4.78 is 1.73. The van der Waals surface area contributed by atoms with Crippen LogP contribution in [-0.4, -0.2) is 30.9 Å². The number of hydrogen-bond acceptors (Lipinski definition) is 7. The van der Waals surface area contributed by atoms with Gasteiger partial charge in [-0.2, -0.15) is 5.10 Å². The average Bonchev–Trinajstić information content (AvgIpc) is 3.10. The van der Waals surface area contributed by atoms with E-state index < -0.39 is 4.92 Å². The van der Waals surface area contributed by atoms with E-state index in [9.17, 15) is 10.1 Å². The minimum atomic E-state index is -0.453. The summed E-state index contributed by atoms with van der Waals surface area (Å²) >= 11 is 0. The number of non-ortho nitro benzene ring substituents is 1. The number of nitrogens with zero attached hydrogens (tertiary/aromatic N) is 6. The summed E-state index contributed by atoms with van der Waals surface area (Å²) in [5.74, 6) is 1.09. The summed E-state index contributed by atoms with van der Waals surface area (Å²) in [6.45, 7) is 0. The number of rotatable bonds is 5. The number of nitrogens with one attached hydrogen (secondary N) is 1. The van der Waals surface area contributed by atoms with Crippen LogP contribution in [0.3, 0.4) is 0 Å². The van der Waals surface area contributed by atoms with Crippen molar-refractivity contribution >= 4 is 17.7 Å². The lowest BCUT2D eigenvalue weighted by atomic mass is 10.2. The Bertz CT molecular complexity index is 829. The normalized spacial score (nSPS) is 10.8. The smallest absolute Gasteiger partial charge is 0.270 e. The Hall–Kier alpha value is -3.62. The molecule has 0 unspecified atom stereocenters. The van der Waals surface area contributed by atoms with Gasteiger partial charge in [-0.15, -0.1) is 10.2 Å². The SMILES string of the molecule is O=[N+]([O-])c1cccc(/C=N/Nc2ccc(-n3ccnc3)nn2)c1. The summed E-state index contributed by atoms with van der Waals surface area (Å²) in [6.07, 6.45) is 6.50. The van der Waals surface area contributed by atoms with Crippen molar-refractivity contribution in [3.05, 3.63) is 70.8 Å². The van der Waals surface area contributed by atoms with E-state index in [1.807, 2.05) is 0 Å². The first-order chi connectivity index (χ1) is 11.2. The van der Waals surface area contributed by atoms with Gasteiger partial charge < -0.3 is 0 Å². The number of aromatic nitrogens is 4. The number of nitro benzene ring substituents is 1. The topological polar surface area (TPSA) is 111 Å². The maximum absolute atomic E-state index is 10.7. The first-order valence-corrected chi connectivity index (χ1v) is 6.58. The highest BCUT2D eigenvalue weighted by atomic mass is 16.6. The maximum Gasteiger partial charge on any atom is 0.270 e. The number of imidazole rings is 1. The van der Waals surface area contributed by atoms with Gasteiger partial charge in [0.25, 0.3) is 5.69 Å². The van der Waals surface area contributed by atoms with Crippen molar-refractivity contribution in [2.24, 2.45) is 5.10 Å². The van der Waals surface area contributed by atoms with Crippen molar-refractivity contribution in [3.63, 3.8) is 0 Å². The van der Waals surface area contributed by atoms with Gasteiger partial charge in [0, 0.05) is 30.1 Å². The van der Waals surface area contributed by atoms with Gasteiger partial charge in [0.2, 0.25) is 0 Å². The molecule has 2 aromatic heterocycles. The minimum Gasteiger partial charge on any atom is -0.289 e. The lowest BCUT2D eigenvalue weighted by Gasteiger charge is -2.01. The molecule has 0 aliphatic rings. The summed E-state index contributed by atoms with van der Waals surface area (Å²) in [7, 11) is 0. The third-order valence-electron chi connectivity index (χ3n) is 2.89. The van der Waals surface area contributed by atoms with Crippen LogP contribution in [0.25, 0.3) is 5.82 Å². The Morgan fingerprint density at radius 1 is 1.26 bits per heavy atom. The fourth-order valence-corrected chi connectivity index (χ4v) is 1.81. The van der Waals surface area contributed by atoms with Crippen LogP contribution in [0, 0.1) is 10.1 Å². The van der Waals surface area contributed by atoms with Gasteiger partial charge in [-0.1, -0.05) is 12.1 Å². The van der Waals surface area contributed by atoms with Gasteiger partial charge in [-0.05, 0) is 12.1 Å². The lowest BCUT2D eigenvalue weighted by molar-refractivity contribution is -0.384. The van der Waals surface area contributed by atoms with Gasteiger partial charge in [-0.25, -0.2) is 4.98 Å². The molecule has 0 amide bonds. The van der Waals surface area contributed by atoms with E-state index >= 15 is 0 Å². The Balaban J connectivity index is 1.66. The van der Waals surface area contributed by atoms with Gasteiger partial charge in [0.05, 0.1) is 11.1 Å². The molecule has 23 heavy (non-hydrogen) atoms. The number of benzene rings is 1. The summed E-state index contributed by atoms with van der Waals surface area (Å²) in [6, 6.07) is 9.64. The molecule has 0 saturated heterocycles. The average molecular weight is 309 g/mol. The summed E-state index contributed by atoms with van der Waals surface area (Å²) in [4.78, 5) is 14.2. The largest absolute Gasteiger partial charge is 0.289 e. The Morgan fingerprint density at radius 2 is 2.17 bits per heavy atom. The zero-order chi connectivity index (χ0) is 16.1. The molecule has 3 aromatic rings. The lowest BCUT2D eigenvalue weighted by Crippen LogP contribution is -2.00. The van der Waals surface area contributed by atoms with Crippen molar-refractivity contribution in [1.82, 2.24) is 19.7 Å². The third-order valence-corrected chi connectivity index (χ3v) is 2.89. The van der Waals surface area contributed by atoms with Crippen LogP contribution >= 0.6 is 0 Å². The number of hydrazone groups is 1. The monoisotopic (exact) mass is 309 g/mol. The molecule has 0 spiro atoms. The van der Waals surface area contributed by atoms with E-state index in [0.29, 0.717) is 17.2 Å². The van der Waals surface area contributed by atoms with E-state index in [1.54, 1.807) is 47.6 Å². The molecular formula is C14H11N7O2. The first-order valence-electron chi connectivity index (χ1n) is 6.58. The minimum absolute atomic E-state index is 0.0124. The van der Waals surface area contributed by atoms with Gasteiger partial charge in [0.1, 0.15) is 6.33 Å². The first kappa shape index (κ1) is 14.3. The summed E-state index contributed by atoms with van der Waals surface area (Å²) in [5, 5.41) is 22.7. The molecule has 0 bridgehead atoms. The Kier molecular flexibility index (Phi) is 4.01. The second-order valence-electron chi connectivity index (χ2n) is 4.47. The van der Waals surface area contributed by atoms with Gasteiger partial charge in [-0.3, -0.25) is 20.1 Å². The molecule has 114 valence electrons. The number of anilines is 1. The Morgan fingerprint density at radius 3 is 2.87 bits per heavy atom. The highest BCUT2D eigenvalue weighted by Crippen LogP contribution is 2.11. The molecule has 0 aliphatic heterocycles. The van der Waals surface area contributed by atoms with Crippen LogP contribution in [0.1, 0.15) is 5.56 Å². The standard InChI is InChI=1S/C14H11N7O2/c22-21(23)12-3-1-2-11(8-12)9-16-17-13-4-5-14(19-18-13)20-7-6-15-10-20/h1-10H,(H,17,18)/b16-9+. The molecule has 0 atom stereocenters. The Labute approximate surface area is 130 Å². The molecule has 0 radical (unpaired) electrons. The molecule has 3 rings (SSSR count). The van der Waals surface area contributed by atoms with Crippen LogP contribution in [0.2, 0.25) is 0 Å². The van der Waals surface area contributed by atoms with Crippen molar-refractivity contribution in [2.75, 3.05) is 5.43 Å². The highest BCUT2D eigenvalue weighted by Gasteiger charge is 2.04. The number of nitro groups is 1. The highest BCUT2D eigenvalue weighted by molar-refractivity contribution is 5.81. The van der Waals surface area contributed by atoms with Crippen LogP contribution in [0.5, 0.6) is 0 Å². The fourth-order valence-electron chi connectivity index (χ4n) is 1.81. The van der Waals surface area contributed by atoms with Crippen molar-refractivity contribution in [3.8, 4) is 5.82 Å². The molecular weight excluding hydrogens is 298 g/mol. The second-order valence-corrected chi connectivity index (χ2v) is 4.47. The summed E-state index contributed by atoms with van der Waals surface area (Å²) in [5.41, 5.74) is 3.33. The van der Waals surface area contributed by atoms with Crippen LogP contribution in [0.15, 0.2) is 60.2 Å². The van der Waals surface area contributed by atoms with E-state index in [4.69, 9.17) is 0 Å². The zero-order valence-electron chi connectivity index (χ0n) is 11.8. The molecule has 9 heteroatoms. The van der Waals surface area contributed by atoms with E-state index in [-0.39, 0.29) is 5.69 Å². The molecule has 2 heterocycles. The quantitative estimate of drug-likeness (QED) is 0.438. The molecule has 0 fully saturated rings. The maximum atomic E-state index is 10.7. The van der Waals surface area contributed by atoms with Gasteiger partial charge in [0.15, 0.2) is 11.6 Å². The van der Waals surface area contributed by atoms with Crippen LogP contribution in [-0.2, 0) is 0 Å². The fraction of sp³-hybridized carbons (Fsp3) is 0. The third kappa shape index (κ3) is 3.53. The predicted octanol–water partition coefficient (Wildman–Crippen LogP) is 2.02. The van der Waals surface area contributed by atoms with Crippen molar-refractivity contribution in [1.29, 1.82) is 0 Å². The van der Waals surface area contributed by atoms with Crippen LogP contribution < -0.4 is 5.43 Å². The van der Waals surface area contributed by atoms with E-state index in [1.165, 1.54) is 18.3 Å². The van der Waals surface area contributed by atoms with E-state index in [2.05, 4.69) is 25.7 Å². The predicted molar refractivity (Wildman–Crippen MR) is 83.5 cm³/mol. The second kappa shape index (κ2) is 6.43. The molecule has 1 aromatic carbocycles.